The Morgan fingerprint density at radius 1 is 1.26 bits per heavy atom. The van der Waals surface area contributed by atoms with E-state index < -0.39 is 0 Å². The van der Waals surface area contributed by atoms with Crippen LogP contribution in [0.15, 0.2) is 18.2 Å². The molecule has 3 rings (SSSR count). The van der Waals surface area contributed by atoms with E-state index >= 15 is 0 Å². The van der Waals surface area contributed by atoms with Crippen molar-refractivity contribution in [1.82, 2.24) is 4.90 Å². The van der Waals surface area contributed by atoms with E-state index in [0.29, 0.717) is 0 Å². The van der Waals surface area contributed by atoms with Gasteiger partial charge < -0.3 is 0 Å². The van der Waals surface area contributed by atoms with Crippen LogP contribution >= 0.6 is 0 Å². The molecule has 1 saturated carbocycles. The van der Waals surface area contributed by atoms with Gasteiger partial charge >= 0.3 is 0 Å². The number of fused-ring (bicyclic) bond motifs is 1. The van der Waals surface area contributed by atoms with Crippen molar-refractivity contribution >= 4 is 0 Å². The normalized spacial score (nSPS) is 26.9. The van der Waals surface area contributed by atoms with Crippen molar-refractivity contribution < 1.29 is 0 Å². The lowest BCUT2D eigenvalue weighted by Gasteiger charge is -2.32. The van der Waals surface area contributed by atoms with Gasteiger partial charge in [0.1, 0.15) is 0 Å². The molecule has 0 N–H and O–H groups in total. The van der Waals surface area contributed by atoms with Crippen molar-refractivity contribution in [3.8, 4) is 6.07 Å². The molecule has 2 nitrogen and oxygen atoms in total. The van der Waals surface area contributed by atoms with Crippen molar-refractivity contribution in [2.24, 2.45) is 5.92 Å². The molecule has 19 heavy (non-hydrogen) atoms. The zero-order valence-electron chi connectivity index (χ0n) is 11.7. The van der Waals surface area contributed by atoms with Crippen molar-refractivity contribution in [2.45, 2.75) is 51.6 Å². The first-order valence-corrected chi connectivity index (χ1v) is 7.51. The number of benzene rings is 1. The molecule has 2 fully saturated rings. The van der Waals surface area contributed by atoms with Crippen LogP contribution in [-0.2, 0) is 6.54 Å². The maximum Gasteiger partial charge on any atom is 0.0991 e. The molecule has 2 heteroatoms. The van der Waals surface area contributed by atoms with Crippen LogP contribution in [0.1, 0.15) is 48.8 Å². The zero-order valence-corrected chi connectivity index (χ0v) is 11.7. The fraction of sp³-hybridized carbons (Fsp3) is 0.588. The minimum Gasteiger partial charge on any atom is -0.296 e. The molecule has 1 aliphatic heterocycles. The van der Waals surface area contributed by atoms with Gasteiger partial charge in [0.2, 0.25) is 0 Å². The summed E-state index contributed by atoms with van der Waals surface area (Å²) in [5.74, 6) is 0.951. The summed E-state index contributed by atoms with van der Waals surface area (Å²) < 4.78 is 0. The molecule has 1 saturated heterocycles. The summed E-state index contributed by atoms with van der Waals surface area (Å²) in [6.45, 7) is 4.46. The van der Waals surface area contributed by atoms with Gasteiger partial charge in [0.25, 0.3) is 0 Å². The van der Waals surface area contributed by atoms with Gasteiger partial charge in [-0.1, -0.05) is 18.9 Å². The van der Waals surface area contributed by atoms with Gasteiger partial charge in [-0.3, -0.25) is 4.90 Å². The predicted octanol–water partition coefficient (Wildman–Crippen LogP) is 3.63. The SMILES string of the molecule is Cc1cc(C#N)ccc1CN1CCC2CCCCC21. The molecule has 2 unspecified atom stereocenters. The van der Waals surface area contributed by atoms with Gasteiger partial charge in [0.15, 0.2) is 0 Å². The number of likely N-dealkylation sites (tertiary alicyclic amines) is 1. The lowest BCUT2D eigenvalue weighted by Crippen LogP contribution is -2.34. The lowest BCUT2D eigenvalue weighted by molar-refractivity contribution is 0.175. The number of nitriles is 1. The highest BCUT2D eigenvalue weighted by molar-refractivity contribution is 5.37. The average molecular weight is 254 g/mol. The quantitative estimate of drug-likeness (QED) is 0.805. The summed E-state index contributed by atoms with van der Waals surface area (Å²) in [7, 11) is 0. The van der Waals surface area contributed by atoms with Gasteiger partial charge in [0.05, 0.1) is 11.6 Å². The number of rotatable bonds is 2. The van der Waals surface area contributed by atoms with E-state index in [1.165, 1.54) is 49.8 Å². The smallest absolute Gasteiger partial charge is 0.0991 e. The monoisotopic (exact) mass is 254 g/mol. The van der Waals surface area contributed by atoms with Crippen LogP contribution in [0.2, 0.25) is 0 Å². The Morgan fingerprint density at radius 3 is 2.89 bits per heavy atom. The molecular weight excluding hydrogens is 232 g/mol. The molecule has 0 aromatic heterocycles. The standard InChI is InChI=1S/C17H22N2/c1-13-10-14(11-18)6-7-16(13)12-19-9-8-15-4-2-3-5-17(15)19/h6-7,10,15,17H,2-5,8-9,12H2,1H3. The highest BCUT2D eigenvalue weighted by atomic mass is 15.2. The summed E-state index contributed by atoms with van der Waals surface area (Å²) in [5, 5.41) is 8.93. The minimum absolute atomic E-state index is 0.776. The fourth-order valence-corrected chi connectivity index (χ4v) is 3.86. The van der Waals surface area contributed by atoms with E-state index in [4.69, 9.17) is 5.26 Å². The molecule has 100 valence electrons. The molecule has 1 aromatic carbocycles. The second kappa shape index (κ2) is 5.35. The number of hydrogen-bond donors (Lipinski definition) is 0. The minimum atomic E-state index is 0.776. The van der Waals surface area contributed by atoms with Crippen LogP contribution < -0.4 is 0 Å². The van der Waals surface area contributed by atoms with Crippen LogP contribution in [0.3, 0.4) is 0 Å². The Labute approximate surface area is 116 Å². The van der Waals surface area contributed by atoms with Crippen molar-refractivity contribution in [1.29, 1.82) is 5.26 Å². The maximum atomic E-state index is 8.93. The van der Waals surface area contributed by atoms with Crippen LogP contribution in [0, 0.1) is 24.2 Å². The molecule has 2 atom stereocenters. The molecule has 0 spiro atoms. The Bertz CT molecular complexity index is 500. The predicted molar refractivity (Wildman–Crippen MR) is 76.7 cm³/mol. The summed E-state index contributed by atoms with van der Waals surface area (Å²) in [4.78, 5) is 2.68. The summed E-state index contributed by atoms with van der Waals surface area (Å²) in [6, 6.07) is 9.16. The second-order valence-corrected chi connectivity index (χ2v) is 6.12. The summed E-state index contributed by atoms with van der Waals surface area (Å²) in [5.41, 5.74) is 3.43. The third-order valence-corrected chi connectivity index (χ3v) is 4.97. The Kier molecular flexibility index (Phi) is 3.57. The van der Waals surface area contributed by atoms with Gasteiger partial charge in [0, 0.05) is 12.6 Å². The van der Waals surface area contributed by atoms with Crippen molar-refractivity contribution in [2.75, 3.05) is 6.54 Å². The number of aryl methyl sites for hydroxylation is 1. The van der Waals surface area contributed by atoms with Gasteiger partial charge in [-0.05, 0) is 61.9 Å². The summed E-state index contributed by atoms with van der Waals surface area (Å²) >= 11 is 0. The lowest BCUT2D eigenvalue weighted by atomic mass is 9.85. The Balaban J connectivity index is 1.73. The maximum absolute atomic E-state index is 8.93. The Hall–Kier alpha value is -1.33. The molecule has 1 heterocycles. The fourth-order valence-electron chi connectivity index (χ4n) is 3.86. The molecule has 0 radical (unpaired) electrons. The second-order valence-electron chi connectivity index (χ2n) is 6.12. The average Bonchev–Trinajstić information content (AvgIpc) is 2.84. The Morgan fingerprint density at radius 2 is 2.11 bits per heavy atom. The number of hydrogen-bond acceptors (Lipinski definition) is 2. The van der Waals surface area contributed by atoms with E-state index in [0.717, 1.165) is 24.1 Å². The van der Waals surface area contributed by atoms with Crippen molar-refractivity contribution in [3.63, 3.8) is 0 Å². The van der Waals surface area contributed by atoms with Crippen LogP contribution in [0.5, 0.6) is 0 Å². The third-order valence-electron chi connectivity index (χ3n) is 4.97. The van der Waals surface area contributed by atoms with Crippen LogP contribution in [-0.4, -0.2) is 17.5 Å². The number of nitrogens with zero attached hydrogens (tertiary/aromatic N) is 2. The van der Waals surface area contributed by atoms with E-state index in [2.05, 4.69) is 24.0 Å². The molecular formula is C17H22N2. The molecule has 1 aromatic rings. The highest BCUT2D eigenvalue weighted by Crippen LogP contribution is 2.37. The van der Waals surface area contributed by atoms with E-state index in [-0.39, 0.29) is 0 Å². The zero-order chi connectivity index (χ0) is 13.2. The molecule has 0 amide bonds. The summed E-state index contributed by atoms with van der Waals surface area (Å²) in [6.07, 6.45) is 7.06. The molecule has 0 bridgehead atoms. The first-order valence-electron chi connectivity index (χ1n) is 7.51. The van der Waals surface area contributed by atoms with Gasteiger partial charge in [-0.15, -0.1) is 0 Å². The molecule has 2 aliphatic rings. The van der Waals surface area contributed by atoms with E-state index in [9.17, 15) is 0 Å². The van der Waals surface area contributed by atoms with E-state index in [1.54, 1.807) is 0 Å². The van der Waals surface area contributed by atoms with E-state index in [1.807, 2.05) is 12.1 Å². The third kappa shape index (κ3) is 2.53. The topological polar surface area (TPSA) is 27.0 Å². The van der Waals surface area contributed by atoms with Gasteiger partial charge in [-0.25, -0.2) is 0 Å². The van der Waals surface area contributed by atoms with Crippen LogP contribution in [0.25, 0.3) is 0 Å². The molecule has 1 aliphatic carbocycles. The first kappa shape index (κ1) is 12.7. The van der Waals surface area contributed by atoms with Crippen molar-refractivity contribution in [3.05, 3.63) is 34.9 Å². The first-order chi connectivity index (χ1) is 9.28. The van der Waals surface area contributed by atoms with Gasteiger partial charge in [-0.2, -0.15) is 5.26 Å². The highest BCUT2D eigenvalue weighted by Gasteiger charge is 2.35. The van der Waals surface area contributed by atoms with Crippen LogP contribution in [0.4, 0.5) is 0 Å². The largest absolute Gasteiger partial charge is 0.296 e.